The molecule has 106 valence electrons. The number of amides is 1. The monoisotopic (exact) mass is 283 g/mol. The van der Waals surface area contributed by atoms with Crippen LogP contribution in [0, 0.1) is 5.92 Å². The van der Waals surface area contributed by atoms with Crippen molar-refractivity contribution in [3.63, 3.8) is 0 Å². The quantitative estimate of drug-likeness (QED) is 0.825. The Balaban J connectivity index is 2.00. The molecule has 1 fully saturated rings. The average Bonchev–Trinajstić information content (AvgIpc) is 2.94. The van der Waals surface area contributed by atoms with Crippen LogP contribution >= 0.6 is 11.3 Å². The molecule has 4 nitrogen and oxygen atoms in total. The van der Waals surface area contributed by atoms with Crippen molar-refractivity contribution in [3.05, 3.63) is 22.4 Å². The van der Waals surface area contributed by atoms with Crippen molar-refractivity contribution in [2.45, 2.75) is 19.9 Å². The van der Waals surface area contributed by atoms with Crippen LogP contribution in [0.5, 0.6) is 0 Å². The van der Waals surface area contributed by atoms with Crippen LogP contribution in [0.1, 0.15) is 24.8 Å². The Morgan fingerprint density at radius 2 is 2.21 bits per heavy atom. The largest absolute Gasteiger partial charge is 0.370 e. The second-order valence-electron chi connectivity index (χ2n) is 5.24. The van der Waals surface area contributed by atoms with Gasteiger partial charge >= 0.3 is 0 Å². The summed E-state index contributed by atoms with van der Waals surface area (Å²) < 4.78 is 5.43. The van der Waals surface area contributed by atoms with Crippen molar-refractivity contribution < 1.29 is 14.4 Å². The highest BCUT2D eigenvalue weighted by Gasteiger charge is 2.27. The number of quaternary nitrogens is 1. The van der Waals surface area contributed by atoms with E-state index in [0.29, 0.717) is 12.6 Å². The van der Waals surface area contributed by atoms with Gasteiger partial charge in [-0.2, -0.15) is 0 Å². The number of thiophene rings is 1. The summed E-state index contributed by atoms with van der Waals surface area (Å²) in [4.78, 5) is 14.6. The Kier molecular flexibility index (Phi) is 5.36. The molecule has 0 bridgehead atoms. The van der Waals surface area contributed by atoms with Gasteiger partial charge in [0.15, 0.2) is 0 Å². The maximum Gasteiger partial charge on any atom is 0.222 e. The van der Waals surface area contributed by atoms with Gasteiger partial charge in [-0.05, 0) is 11.4 Å². The van der Waals surface area contributed by atoms with E-state index in [-0.39, 0.29) is 11.8 Å². The van der Waals surface area contributed by atoms with Crippen molar-refractivity contribution >= 4 is 17.2 Å². The number of hydrogen-bond acceptors (Lipinski definition) is 3. The lowest BCUT2D eigenvalue weighted by molar-refractivity contribution is -0.937. The third-order valence-electron chi connectivity index (χ3n) is 3.52. The maximum atomic E-state index is 11.8. The molecule has 19 heavy (non-hydrogen) atoms. The van der Waals surface area contributed by atoms with E-state index in [2.05, 4.69) is 22.8 Å². The second-order valence-corrected chi connectivity index (χ2v) is 6.22. The van der Waals surface area contributed by atoms with Crippen molar-refractivity contribution in [2.24, 2.45) is 5.92 Å². The summed E-state index contributed by atoms with van der Waals surface area (Å²) in [6, 6.07) is 4.60. The highest BCUT2D eigenvalue weighted by molar-refractivity contribution is 7.10. The van der Waals surface area contributed by atoms with Crippen LogP contribution in [-0.4, -0.2) is 38.8 Å². The lowest BCUT2D eigenvalue weighted by Crippen LogP contribution is -3.15. The summed E-state index contributed by atoms with van der Waals surface area (Å²) in [5.74, 6) is 0.179. The number of nitrogens with one attached hydrogen (secondary N) is 2. The summed E-state index contributed by atoms with van der Waals surface area (Å²) in [5.41, 5.74) is 0. The van der Waals surface area contributed by atoms with Gasteiger partial charge in [0.25, 0.3) is 0 Å². The van der Waals surface area contributed by atoms with Crippen molar-refractivity contribution in [2.75, 3.05) is 32.8 Å². The van der Waals surface area contributed by atoms with Crippen LogP contribution in [0.15, 0.2) is 17.5 Å². The van der Waals surface area contributed by atoms with E-state index in [0.717, 1.165) is 26.3 Å². The molecule has 1 amide bonds. The minimum Gasteiger partial charge on any atom is -0.370 e. The van der Waals surface area contributed by atoms with Gasteiger partial charge in [-0.25, -0.2) is 0 Å². The van der Waals surface area contributed by atoms with E-state index in [4.69, 9.17) is 4.74 Å². The van der Waals surface area contributed by atoms with E-state index in [9.17, 15) is 4.79 Å². The molecule has 1 saturated heterocycles. The minimum atomic E-state index is 0.0451. The minimum absolute atomic E-state index is 0.0451. The van der Waals surface area contributed by atoms with Crippen LogP contribution in [-0.2, 0) is 9.53 Å². The van der Waals surface area contributed by atoms with Gasteiger partial charge in [0, 0.05) is 5.92 Å². The fourth-order valence-electron chi connectivity index (χ4n) is 2.32. The van der Waals surface area contributed by atoms with E-state index in [1.807, 2.05) is 13.8 Å². The van der Waals surface area contributed by atoms with Crippen molar-refractivity contribution in [3.8, 4) is 0 Å². The van der Waals surface area contributed by atoms with Crippen LogP contribution in [0.4, 0.5) is 0 Å². The first-order chi connectivity index (χ1) is 9.18. The molecule has 0 aliphatic carbocycles. The lowest BCUT2D eigenvalue weighted by atomic mass is 10.1. The number of ether oxygens (including phenoxy) is 1. The molecule has 1 aromatic heterocycles. The van der Waals surface area contributed by atoms with Gasteiger partial charge in [0.05, 0.1) is 24.6 Å². The first kappa shape index (κ1) is 14.5. The zero-order valence-electron chi connectivity index (χ0n) is 11.6. The van der Waals surface area contributed by atoms with Crippen LogP contribution in [0.2, 0.25) is 0 Å². The zero-order valence-corrected chi connectivity index (χ0v) is 12.5. The number of hydrogen-bond donors (Lipinski definition) is 2. The number of carbonyl (C=O) groups is 1. The SMILES string of the molecule is CC(C)C(=O)NC[C@@H](c1cccs1)[NH+]1CCOCC1. The molecule has 0 spiro atoms. The van der Waals surface area contributed by atoms with Crippen molar-refractivity contribution in [1.82, 2.24) is 5.32 Å². The first-order valence-corrected chi connectivity index (χ1v) is 7.80. The molecule has 1 aliphatic heterocycles. The molecule has 2 heterocycles. The molecular formula is C14H23N2O2S+. The predicted molar refractivity (Wildman–Crippen MR) is 76.4 cm³/mol. The fourth-order valence-corrected chi connectivity index (χ4v) is 3.21. The highest BCUT2D eigenvalue weighted by atomic mass is 32.1. The van der Waals surface area contributed by atoms with Crippen LogP contribution in [0.25, 0.3) is 0 Å². The number of morpholine rings is 1. The normalized spacial score (nSPS) is 18.5. The molecule has 0 saturated carbocycles. The third-order valence-corrected chi connectivity index (χ3v) is 4.51. The molecule has 0 aromatic carbocycles. The average molecular weight is 283 g/mol. The van der Waals surface area contributed by atoms with E-state index >= 15 is 0 Å². The summed E-state index contributed by atoms with van der Waals surface area (Å²) in [5, 5.41) is 5.18. The van der Waals surface area contributed by atoms with Gasteiger partial charge in [0.2, 0.25) is 5.91 Å². The van der Waals surface area contributed by atoms with E-state index < -0.39 is 0 Å². The zero-order chi connectivity index (χ0) is 13.7. The predicted octanol–water partition coefficient (Wildman–Crippen LogP) is 0.477. The fraction of sp³-hybridized carbons (Fsp3) is 0.643. The molecule has 0 unspecified atom stereocenters. The lowest BCUT2D eigenvalue weighted by Gasteiger charge is -2.31. The summed E-state index contributed by atoms with van der Waals surface area (Å²) in [7, 11) is 0. The first-order valence-electron chi connectivity index (χ1n) is 6.92. The summed E-state index contributed by atoms with van der Waals surface area (Å²) in [6.45, 7) is 8.23. The standard InChI is InChI=1S/C14H22N2O2S/c1-11(2)14(17)15-10-12(13-4-3-9-19-13)16-5-7-18-8-6-16/h3-4,9,11-12H,5-8,10H2,1-2H3,(H,15,17)/p+1/t12-/m0/s1. The molecule has 1 aliphatic rings. The van der Waals surface area contributed by atoms with Gasteiger partial charge in [-0.3, -0.25) is 4.79 Å². The Hall–Kier alpha value is -0.910. The second kappa shape index (κ2) is 7.03. The highest BCUT2D eigenvalue weighted by Crippen LogP contribution is 2.16. The number of rotatable bonds is 5. The molecular weight excluding hydrogens is 260 g/mol. The molecule has 0 radical (unpaired) electrons. The smallest absolute Gasteiger partial charge is 0.222 e. The molecule has 1 aromatic rings. The molecule has 5 heteroatoms. The van der Waals surface area contributed by atoms with Crippen LogP contribution in [0.3, 0.4) is 0 Å². The van der Waals surface area contributed by atoms with E-state index in [1.165, 1.54) is 9.78 Å². The molecule has 2 N–H and O–H groups in total. The molecule has 2 rings (SSSR count). The summed E-state index contributed by atoms with van der Waals surface area (Å²) >= 11 is 1.77. The Morgan fingerprint density at radius 1 is 1.47 bits per heavy atom. The Morgan fingerprint density at radius 3 is 2.79 bits per heavy atom. The van der Waals surface area contributed by atoms with E-state index in [1.54, 1.807) is 11.3 Å². The molecule has 1 atom stereocenters. The number of carbonyl (C=O) groups excluding carboxylic acids is 1. The third kappa shape index (κ3) is 4.03. The Labute approximate surface area is 118 Å². The van der Waals surface area contributed by atoms with Gasteiger partial charge in [0.1, 0.15) is 19.1 Å². The maximum absolute atomic E-state index is 11.8. The topological polar surface area (TPSA) is 42.8 Å². The van der Waals surface area contributed by atoms with Crippen LogP contribution < -0.4 is 10.2 Å². The van der Waals surface area contributed by atoms with Gasteiger partial charge in [-0.15, -0.1) is 11.3 Å². The van der Waals surface area contributed by atoms with Gasteiger partial charge in [-0.1, -0.05) is 19.9 Å². The summed E-state index contributed by atoms with van der Waals surface area (Å²) in [6.07, 6.45) is 0. The Bertz CT molecular complexity index is 386. The van der Waals surface area contributed by atoms with Gasteiger partial charge < -0.3 is 15.0 Å². The van der Waals surface area contributed by atoms with Crippen molar-refractivity contribution in [1.29, 1.82) is 0 Å².